The molecule has 50 heavy (non-hydrogen) atoms. The van der Waals surface area contributed by atoms with Gasteiger partial charge in [0.15, 0.2) is 0 Å². The molecule has 3 atom stereocenters. The quantitative estimate of drug-likeness (QED) is 0.180. The number of nitrogens with zero attached hydrogens (tertiary/aromatic N) is 1. The first-order chi connectivity index (χ1) is 23.9. The van der Waals surface area contributed by atoms with E-state index in [0.29, 0.717) is 5.92 Å². The summed E-state index contributed by atoms with van der Waals surface area (Å²) in [5.41, 5.74) is 13.8. The lowest BCUT2D eigenvalue weighted by Gasteiger charge is -2.49. The first-order valence-corrected chi connectivity index (χ1v) is 19.0. The topological polar surface area (TPSA) is 12.9 Å². The van der Waals surface area contributed by atoms with Crippen molar-refractivity contribution in [1.29, 1.82) is 0 Å². The fourth-order valence-corrected chi connectivity index (χ4v) is 10.4. The highest BCUT2D eigenvalue weighted by Gasteiger charge is 2.49. The highest BCUT2D eigenvalue weighted by atomic mass is 14.7. The molecule has 1 aromatic heterocycles. The fourth-order valence-electron chi connectivity index (χ4n) is 10.4. The summed E-state index contributed by atoms with van der Waals surface area (Å²) < 4.78 is 0. The van der Waals surface area contributed by atoms with Crippen LogP contribution in [-0.4, -0.2) is 4.98 Å². The van der Waals surface area contributed by atoms with E-state index in [1.807, 2.05) is 6.20 Å². The molecule has 0 amide bonds. The lowest BCUT2D eigenvalue weighted by Crippen LogP contribution is -2.42. The number of fused-ring (bicyclic) bond motifs is 3. The molecule has 3 aromatic carbocycles. The van der Waals surface area contributed by atoms with Gasteiger partial charge in [-0.05, 0) is 124 Å². The smallest absolute Gasteiger partial charge is 0.0749 e. The van der Waals surface area contributed by atoms with E-state index in [0.717, 1.165) is 19.3 Å². The van der Waals surface area contributed by atoms with Gasteiger partial charge in [-0.3, -0.25) is 4.98 Å². The number of hydrogen-bond acceptors (Lipinski definition) is 1. The van der Waals surface area contributed by atoms with Crippen molar-refractivity contribution in [1.82, 2.24) is 4.98 Å². The summed E-state index contributed by atoms with van der Waals surface area (Å²) in [4.78, 5) is 5.26. The maximum absolute atomic E-state index is 5.26. The molecule has 0 radical (unpaired) electrons. The Kier molecular flexibility index (Phi) is 8.57. The van der Waals surface area contributed by atoms with Crippen LogP contribution in [0.1, 0.15) is 128 Å². The summed E-state index contributed by atoms with van der Waals surface area (Å²) in [7, 11) is 0. The van der Waals surface area contributed by atoms with Crippen LogP contribution in [0.15, 0.2) is 108 Å². The van der Waals surface area contributed by atoms with Crippen LogP contribution in [0.3, 0.4) is 0 Å². The molecule has 0 saturated heterocycles. The molecule has 0 aliphatic heterocycles. The molecule has 0 N–H and O–H groups in total. The van der Waals surface area contributed by atoms with E-state index in [1.54, 1.807) is 0 Å². The molecule has 1 nitrogen and oxygen atoms in total. The van der Waals surface area contributed by atoms with Crippen molar-refractivity contribution in [2.24, 2.45) is 11.3 Å². The fraction of sp³-hybridized carbons (Fsp3) is 0.367. The molecular weight excluding hydrogens is 603 g/mol. The van der Waals surface area contributed by atoms with Crippen molar-refractivity contribution in [3.05, 3.63) is 152 Å². The summed E-state index contributed by atoms with van der Waals surface area (Å²) in [6.45, 7) is 23.8. The summed E-state index contributed by atoms with van der Waals surface area (Å²) in [6.07, 6.45) is 19.3. The number of aromatic nitrogens is 1. The standard InChI is InChI=1S/C49H55N/c1-11-14-19-33-20-16-23-37-41(33)32(5)42-35(22-18-25-38(42)47(37,6)7)36(13-3)49(10,29-15-12-2)40-27-26-31(4)45-44(40)46-43-34(28-30-50-46)21-17-24-39(43)48(45,8)9/h11,14-26,28-30,36,40H,12-13,27H2,1-10H3/b14-11+,29-15?,33-19-. The molecule has 1 heteroatoms. The van der Waals surface area contributed by atoms with Crippen molar-refractivity contribution in [2.45, 2.75) is 105 Å². The molecule has 0 saturated carbocycles. The van der Waals surface area contributed by atoms with E-state index in [4.69, 9.17) is 4.98 Å². The zero-order valence-corrected chi connectivity index (χ0v) is 32.0. The summed E-state index contributed by atoms with van der Waals surface area (Å²) in [6, 6.07) is 23.1. The second-order valence-electron chi connectivity index (χ2n) is 16.3. The molecule has 3 unspecified atom stereocenters. The van der Waals surface area contributed by atoms with Crippen molar-refractivity contribution in [2.75, 3.05) is 0 Å². The Morgan fingerprint density at radius 1 is 0.900 bits per heavy atom. The maximum atomic E-state index is 5.26. The van der Waals surface area contributed by atoms with Gasteiger partial charge in [0.2, 0.25) is 0 Å². The molecule has 0 bridgehead atoms. The summed E-state index contributed by atoms with van der Waals surface area (Å²) in [5.74, 6) is 0.572. The van der Waals surface area contributed by atoms with Crippen LogP contribution in [0, 0.1) is 11.3 Å². The predicted octanol–water partition coefficient (Wildman–Crippen LogP) is 11.6. The summed E-state index contributed by atoms with van der Waals surface area (Å²) >= 11 is 0. The first-order valence-electron chi connectivity index (χ1n) is 19.0. The molecule has 3 aliphatic carbocycles. The average Bonchev–Trinajstić information content (AvgIpc) is 3.11. The maximum Gasteiger partial charge on any atom is 0.0749 e. The van der Waals surface area contributed by atoms with Crippen molar-refractivity contribution in [3.8, 4) is 0 Å². The second kappa shape index (κ2) is 12.5. The highest BCUT2D eigenvalue weighted by molar-refractivity contribution is 6.01. The Hall–Kier alpha value is -4.23. The van der Waals surface area contributed by atoms with Gasteiger partial charge in [0, 0.05) is 22.4 Å². The van der Waals surface area contributed by atoms with Crippen LogP contribution >= 0.6 is 0 Å². The number of rotatable bonds is 7. The van der Waals surface area contributed by atoms with E-state index in [2.05, 4.69) is 166 Å². The molecule has 3 aliphatic rings. The largest absolute Gasteiger partial charge is 0.256 e. The molecule has 1 heterocycles. The third kappa shape index (κ3) is 4.90. The van der Waals surface area contributed by atoms with Gasteiger partial charge in [0.25, 0.3) is 0 Å². The monoisotopic (exact) mass is 657 g/mol. The zero-order valence-electron chi connectivity index (χ0n) is 32.0. The Bertz CT molecular complexity index is 2260. The average molecular weight is 658 g/mol. The minimum absolute atomic E-state index is 0.120. The Morgan fingerprint density at radius 3 is 2.36 bits per heavy atom. The van der Waals surface area contributed by atoms with Crippen LogP contribution in [0.4, 0.5) is 0 Å². The van der Waals surface area contributed by atoms with Gasteiger partial charge in [-0.2, -0.15) is 0 Å². The zero-order chi connectivity index (χ0) is 35.6. The van der Waals surface area contributed by atoms with Crippen LogP contribution in [0.25, 0.3) is 28.0 Å². The predicted molar refractivity (Wildman–Crippen MR) is 216 cm³/mol. The van der Waals surface area contributed by atoms with Crippen LogP contribution in [-0.2, 0) is 10.8 Å². The third-order valence-corrected chi connectivity index (χ3v) is 12.8. The van der Waals surface area contributed by atoms with Gasteiger partial charge in [-0.25, -0.2) is 0 Å². The first kappa shape index (κ1) is 34.2. The Morgan fingerprint density at radius 2 is 1.62 bits per heavy atom. The number of benzene rings is 3. The number of hydrogen-bond donors (Lipinski definition) is 0. The van der Waals surface area contributed by atoms with Crippen molar-refractivity contribution in [3.63, 3.8) is 0 Å². The van der Waals surface area contributed by atoms with Crippen molar-refractivity contribution >= 4 is 28.0 Å². The molecule has 0 fully saturated rings. The van der Waals surface area contributed by atoms with Crippen molar-refractivity contribution < 1.29 is 0 Å². The third-order valence-electron chi connectivity index (χ3n) is 12.8. The molecular formula is C49H55N. The summed E-state index contributed by atoms with van der Waals surface area (Å²) in [5, 5.41) is 5.35. The Balaban J connectivity index is 1.53. The highest BCUT2D eigenvalue weighted by Crippen LogP contribution is 2.60. The van der Waals surface area contributed by atoms with Crippen LogP contribution < -0.4 is 10.4 Å². The molecule has 7 rings (SSSR count). The van der Waals surface area contributed by atoms with Crippen LogP contribution in [0.2, 0.25) is 0 Å². The van der Waals surface area contributed by atoms with Crippen LogP contribution in [0.5, 0.6) is 0 Å². The van der Waals surface area contributed by atoms with Gasteiger partial charge in [-0.15, -0.1) is 0 Å². The van der Waals surface area contributed by atoms with Gasteiger partial charge in [0.1, 0.15) is 0 Å². The molecule has 0 spiro atoms. The number of pyridine rings is 1. The van der Waals surface area contributed by atoms with E-state index in [1.165, 1.54) is 77.0 Å². The SMILES string of the molecule is C/C=C/C=c1/cccc2c1=C(C)c1c(C(CC)C(C)(C=CCC)C3CC=C(C)C4=C3c3nccc5cccc(c35)C4(C)C)cccc1C2(C)C. The van der Waals surface area contributed by atoms with E-state index in [9.17, 15) is 0 Å². The van der Waals surface area contributed by atoms with Gasteiger partial charge < -0.3 is 0 Å². The van der Waals surface area contributed by atoms with E-state index >= 15 is 0 Å². The minimum atomic E-state index is -0.162. The second-order valence-corrected chi connectivity index (χ2v) is 16.3. The lowest BCUT2D eigenvalue weighted by molar-refractivity contribution is 0.242. The van der Waals surface area contributed by atoms with E-state index < -0.39 is 0 Å². The normalized spacial score (nSPS) is 21.2. The number of allylic oxidation sites excluding steroid dienone is 8. The van der Waals surface area contributed by atoms with Gasteiger partial charge >= 0.3 is 0 Å². The Labute approximate surface area is 301 Å². The van der Waals surface area contributed by atoms with E-state index in [-0.39, 0.29) is 22.2 Å². The lowest BCUT2D eigenvalue weighted by atomic mass is 9.54. The molecule has 256 valence electrons. The minimum Gasteiger partial charge on any atom is -0.256 e. The van der Waals surface area contributed by atoms with Gasteiger partial charge in [0.05, 0.1) is 5.69 Å². The molecule has 4 aromatic rings. The van der Waals surface area contributed by atoms with Gasteiger partial charge in [-0.1, -0.05) is 145 Å².